The van der Waals surface area contributed by atoms with Crippen LogP contribution in [0.3, 0.4) is 0 Å². The van der Waals surface area contributed by atoms with Crippen LogP contribution in [-0.4, -0.2) is 23.9 Å². The minimum atomic E-state index is -0.697. The van der Waals surface area contributed by atoms with Crippen molar-refractivity contribution in [1.82, 2.24) is 0 Å². The van der Waals surface area contributed by atoms with E-state index in [2.05, 4.69) is 0 Å². The Bertz CT molecular complexity index is 320. The molecule has 1 atom stereocenters. The molecule has 0 aromatic heterocycles. The summed E-state index contributed by atoms with van der Waals surface area (Å²) in [6.45, 7) is 3.57. The molecule has 1 unspecified atom stereocenters. The van der Waals surface area contributed by atoms with Crippen LogP contribution < -0.4 is 4.74 Å². The minimum Gasteiger partial charge on any atom is -0.497 e. The van der Waals surface area contributed by atoms with E-state index in [1.807, 2.05) is 32.0 Å². The van der Waals surface area contributed by atoms with Gasteiger partial charge < -0.3 is 14.9 Å². The summed E-state index contributed by atoms with van der Waals surface area (Å²) in [4.78, 5) is 0. The van der Waals surface area contributed by atoms with Crippen LogP contribution in [0.2, 0.25) is 0 Å². The van der Waals surface area contributed by atoms with Crippen LogP contribution in [0.25, 0.3) is 0 Å². The molecule has 0 saturated heterocycles. The Hall–Kier alpha value is -1.06. The van der Waals surface area contributed by atoms with Gasteiger partial charge in [-0.05, 0) is 17.7 Å². The topological polar surface area (TPSA) is 49.7 Å². The second-order valence-electron chi connectivity index (χ2n) is 4.33. The van der Waals surface area contributed by atoms with Crippen molar-refractivity contribution >= 4 is 0 Å². The van der Waals surface area contributed by atoms with Gasteiger partial charge in [0.15, 0.2) is 0 Å². The SMILES string of the molecule is COc1cccc(C(O)C(C)(C)CO)c1. The average molecular weight is 210 g/mol. The van der Waals surface area contributed by atoms with E-state index in [1.165, 1.54) is 0 Å². The zero-order chi connectivity index (χ0) is 11.5. The number of aliphatic hydroxyl groups is 2. The molecule has 2 N–H and O–H groups in total. The number of rotatable bonds is 4. The molecular weight excluding hydrogens is 192 g/mol. The highest BCUT2D eigenvalue weighted by Gasteiger charge is 2.28. The first-order valence-electron chi connectivity index (χ1n) is 4.94. The van der Waals surface area contributed by atoms with Crippen molar-refractivity contribution in [2.24, 2.45) is 5.41 Å². The van der Waals surface area contributed by atoms with Gasteiger partial charge in [-0.25, -0.2) is 0 Å². The lowest BCUT2D eigenvalue weighted by Gasteiger charge is -2.28. The molecule has 0 spiro atoms. The number of methoxy groups -OCH3 is 1. The first kappa shape index (κ1) is 12.0. The molecule has 0 amide bonds. The van der Waals surface area contributed by atoms with E-state index in [4.69, 9.17) is 9.84 Å². The van der Waals surface area contributed by atoms with Crippen LogP contribution in [0.4, 0.5) is 0 Å². The highest BCUT2D eigenvalue weighted by molar-refractivity contribution is 5.30. The molecule has 1 rings (SSSR count). The van der Waals surface area contributed by atoms with Gasteiger partial charge in [0, 0.05) is 5.41 Å². The Morgan fingerprint density at radius 1 is 1.40 bits per heavy atom. The molecule has 1 aromatic rings. The number of aliphatic hydroxyl groups excluding tert-OH is 2. The molecule has 0 saturated carbocycles. The summed E-state index contributed by atoms with van der Waals surface area (Å²) in [5.74, 6) is 0.709. The van der Waals surface area contributed by atoms with E-state index < -0.39 is 11.5 Å². The summed E-state index contributed by atoms with van der Waals surface area (Å²) in [7, 11) is 1.59. The van der Waals surface area contributed by atoms with Gasteiger partial charge in [0.2, 0.25) is 0 Å². The summed E-state index contributed by atoms with van der Waals surface area (Å²) in [5, 5.41) is 19.2. The van der Waals surface area contributed by atoms with E-state index in [1.54, 1.807) is 13.2 Å². The van der Waals surface area contributed by atoms with Gasteiger partial charge in [0.05, 0.1) is 19.8 Å². The third-order valence-electron chi connectivity index (χ3n) is 2.56. The molecule has 0 fully saturated rings. The number of hydrogen-bond acceptors (Lipinski definition) is 3. The van der Waals surface area contributed by atoms with E-state index >= 15 is 0 Å². The summed E-state index contributed by atoms with van der Waals surface area (Å²) < 4.78 is 5.08. The fourth-order valence-corrected chi connectivity index (χ4v) is 1.35. The van der Waals surface area contributed by atoms with Crippen LogP contribution >= 0.6 is 0 Å². The number of hydrogen-bond donors (Lipinski definition) is 2. The molecule has 0 aliphatic carbocycles. The molecule has 1 aromatic carbocycles. The Morgan fingerprint density at radius 3 is 2.60 bits per heavy atom. The van der Waals surface area contributed by atoms with Crippen LogP contribution in [-0.2, 0) is 0 Å². The van der Waals surface area contributed by atoms with Gasteiger partial charge in [0.1, 0.15) is 5.75 Å². The average Bonchev–Trinajstić information content (AvgIpc) is 2.28. The maximum absolute atomic E-state index is 10.1. The lowest BCUT2D eigenvalue weighted by atomic mass is 9.83. The normalized spacial score (nSPS) is 13.7. The van der Waals surface area contributed by atoms with Gasteiger partial charge in [0.25, 0.3) is 0 Å². The van der Waals surface area contributed by atoms with E-state index in [-0.39, 0.29) is 6.61 Å². The smallest absolute Gasteiger partial charge is 0.119 e. The summed E-state index contributed by atoms with van der Waals surface area (Å²) in [6, 6.07) is 7.25. The summed E-state index contributed by atoms with van der Waals surface area (Å²) in [5.41, 5.74) is 0.209. The number of ether oxygens (including phenoxy) is 1. The quantitative estimate of drug-likeness (QED) is 0.796. The van der Waals surface area contributed by atoms with Crippen LogP contribution in [0, 0.1) is 5.41 Å². The van der Waals surface area contributed by atoms with Crippen molar-refractivity contribution in [2.75, 3.05) is 13.7 Å². The highest BCUT2D eigenvalue weighted by atomic mass is 16.5. The standard InChI is InChI=1S/C12H18O3/c1-12(2,8-13)11(14)9-5-4-6-10(7-9)15-3/h4-7,11,13-14H,8H2,1-3H3. The predicted molar refractivity (Wildman–Crippen MR) is 58.8 cm³/mol. The molecule has 84 valence electrons. The zero-order valence-electron chi connectivity index (χ0n) is 9.40. The first-order valence-corrected chi connectivity index (χ1v) is 4.94. The maximum Gasteiger partial charge on any atom is 0.119 e. The summed E-state index contributed by atoms with van der Waals surface area (Å²) in [6.07, 6.45) is -0.697. The molecule has 3 nitrogen and oxygen atoms in total. The third kappa shape index (κ3) is 2.70. The lowest BCUT2D eigenvalue weighted by Crippen LogP contribution is -2.25. The van der Waals surface area contributed by atoms with E-state index in [9.17, 15) is 5.11 Å². The van der Waals surface area contributed by atoms with Crippen molar-refractivity contribution in [3.8, 4) is 5.75 Å². The monoisotopic (exact) mass is 210 g/mol. The maximum atomic E-state index is 10.1. The highest BCUT2D eigenvalue weighted by Crippen LogP contribution is 2.33. The molecule has 3 heteroatoms. The van der Waals surface area contributed by atoms with Crippen molar-refractivity contribution in [2.45, 2.75) is 20.0 Å². The fraction of sp³-hybridized carbons (Fsp3) is 0.500. The predicted octanol–water partition coefficient (Wildman–Crippen LogP) is 1.75. The van der Waals surface area contributed by atoms with Gasteiger partial charge in [-0.2, -0.15) is 0 Å². The van der Waals surface area contributed by atoms with Crippen LogP contribution in [0.1, 0.15) is 25.5 Å². The Kier molecular flexibility index (Phi) is 3.72. The third-order valence-corrected chi connectivity index (χ3v) is 2.56. The van der Waals surface area contributed by atoms with Crippen LogP contribution in [0.5, 0.6) is 5.75 Å². The fourth-order valence-electron chi connectivity index (χ4n) is 1.35. The first-order chi connectivity index (χ1) is 7.01. The Labute approximate surface area is 90.3 Å². The minimum absolute atomic E-state index is 0.0641. The van der Waals surface area contributed by atoms with Crippen molar-refractivity contribution < 1.29 is 14.9 Å². The van der Waals surface area contributed by atoms with E-state index in [0.29, 0.717) is 5.75 Å². The number of benzene rings is 1. The largest absolute Gasteiger partial charge is 0.497 e. The molecule has 0 aliphatic heterocycles. The van der Waals surface area contributed by atoms with Gasteiger partial charge in [-0.1, -0.05) is 26.0 Å². The zero-order valence-corrected chi connectivity index (χ0v) is 9.40. The van der Waals surface area contributed by atoms with Gasteiger partial charge in [-0.15, -0.1) is 0 Å². The van der Waals surface area contributed by atoms with Crippen molar-refractivity contribution in [3.63, 3.8) is 0 Å². The molecule has 0 bridgehead atoms. The molecular formula is C12H18O3. The van der Waals surface area contributed by atoms with Gasteiger partial charge in [-0.3, -0.25) is 0 Å². The van der Waals surface area contributed by atoms with E-state index in [0.717, 1.165) is 5.56 Å². The Morgan fingerprint density at radius 2 is 2.07 bits per heavy atom. The molecule has 0 aliphatic rings. The molecule has 15 heavy (non-hydrogen) atoms. The Balaban J connectivity index is 2.95. The van der Waals surface area contributed by atoms with Gasteiger partial charge >= 0.3 is 0 Å². The molecule has 0 radical (unpaired) electrons. The molecule has 0 heterocycles. The lowest BCUT2D eigenvalue weighted by molar-refractivity contribution is 0.00627. The van der Waals surface area contributed by atoms with Crippen molar-refractivity contribution in [3.05, 3.63) is 29.8 Å². The van der Waals surface area contributed by atoms with Crippen LogP contribution in [0.15, 0.2) is 24.3 Å². The summed E-state index contributed by atoms with van der Waals surface area (Å²) >= 11 is 0. The second-order valence-corrected chi connectivity index (χ2v) is 4.33. The van der Waals surface area contributed by atoms with Crippen molar-refractivity contribution in [1.29, 1.82) is 0 Å². The second kappa shape index (κ2) is 4.64.